The Balaban J connectivity index is 2.63. The number of hydrogen-bond acceptors (Lipinski definition) is 3. The first-order valence-electron chi connectivity index (χ1n) is 5.11. The van der Waals surface area contributed by atoms with Gasteiger partial charge in [0, 0.05) is 17.2 Å². The number of carbonyl (C=O) groups is 1. The van der Waals surface area contributed by atoms with Gasteiger partial charge in [-0.25, -0.2) is 4.79 Å². The van der Waals surface area contributed by atoms with Gasteiger partial charge in [-0.3, -0.25) is 4.98 Å². The molecule has 1 aromatic heterocycles. The lowest BCUT2D eigenvalue weighted by Gasteiger charge is -2.09. The molecule has 0 spiro atoms. The van der Waals surface area contributed by atoms with Crippen LogP contribution in [0, 0.1) is 0 Å². The molecule has 0 unspecified atom stereocenters. The quantitative estimate of drug-likeness (QED) is 0.474. The van der Waals surface area contributed by atoms with Crippen molar-refractivity contribution in [3.63, 3.8) is 0 Å². The van der Waals surface area contributed by atoms with Crippen LogP contribution in [0.3, 0.4) is 0 Å². The number of benzene rings is 1. The van der Waals surface area contributed by atoms with Crippen LogP contribution in [-0.2, 0) is 4.79 Å². The molecule has 0 N–H and O–H groups in total. The monoisotopic (exact) mass is 281 g/mol. The number of halogens is 2. The van der Waals surface area contributed by atoms with Crippen LogP contribution in [0.15, 0.2) is 36.5 Å². The summed E-state index contributed by atoms with van der Waals surface area (Å²) in [6, 6.07) is 5.04. The fourth-order valence-corrected chi connectivity index (χ4v) is 1.98. The van der Waals surface area contributed by atoms with E-state index in [-0.39, 0.29) is 16.3 Å². The van der Waals surface area contributed by atoms with E-state index in [0.717, 1.165) is 0 Å². The minimum atomic E-state index is -0.550. The largest absolute Gasteiger partial charge is 0.419 e. The van der Waals surface area contributed by atoms with Crippen molar-refractivity contribution in [2.75, 3.05) is 0 Å². The molecular weight excluding hydrogens is 273 g/mol. The van der Waals surface area contributed by atoms with E-state index in [2.05, 4.69) is 11.6 Å². The Morgan fingerprint density at radius 1 is 1.39 bits per heavy atom. The predicted molar refractivity (Wildman–Crippen MR) is 72.2 cm³/mol. The maximum atomic E-state index is 11.6. The Morgan fingerprint density at radius 2 is 2.11 bits per heavy atom. The van der Waals surface area contributed by atoms with Gasteiger partial charge < -0.3 is 4.74 Å². The number of carbonyl (C=O) groups excluding carboxylic acids is 1. The number of hydrogen-bond donors (Lipinski definition) is 0. The van der Waals surface area contributed by atoms with Crippen molar-refractivity contribution in [3.05, 3.63) is 46.6 Å². The van der Waals surface area contributed by atoms with Gasteiger partial charge in [0.25, 0.3) is 0 Å². The van der Waals surface area contributed by atoms with Crippen LogP contribution >= 0.6 is 23.2 Å². The number of pyridine rings is 1. The van der Waals surface area contributed by atoms with E-state index in [9.17, 15) is 4.79 Å². The minimum absolute atomic E-state index is 0.199. The van der Waals surface area contributed by atoms with Crippen LogP contribution < -0.4 is 4.74 Å². The Morgan fingerprint density at radius 3 is 2.78 bits per heavy atom. The van der Waals surface area contributed by atoms with Crippen LogP contribution in [-0.4, -0.2) is 11.0 Å². The topological polar surface area (TPSA) is 39.2 Å². The van der Waals surface area contributed by atoms with E-state index >= 15 is 0 Å². The summed E-state index contributed by atoms with van der Waals surface area (Å²) in [6.07, 6.45) is 1.58. The third-order valence-electron chi connectivity index (χ3n) is 2.29. The smallest absolute Gasteiger partial charge is 0.338 e. The first kappa shape index (κ1) is 12.9. The van der Waals surface area contributed by atoms with Crippen LogP contribution in [0.2, 0.25) is 10.0 Å². The third-order valence-corrected chi connectivity index (χ3v) is 2.89. The van der Waals surface area contributed by atoms with Gasteiger partial charge >= 0.3 is 5.97 Å². The lowest BCUT2D eigenvalue weighted by atomic mass is 10.2. The number of fused-ring (bicyclic) bond motifs is 1. The van der Waals surface area contributed by atoms with Gasteiger partial charge in [0.05, 0.1) is 10.0 Å². The highest BCUT2D eigenvalue weighted by Crippen LogP contribution is 2.37. The molecule has 0 fully saturated rings. The highest BCUT2D eigenvalue weighted by molar-refractivity contribution is 6.39. The lowest BCUT2D eigenvalue weighted by Crippen LogP contribution is -2.09. The molecule has 0 bridgehead atoms. The molecule has 92 valence electrons. The highest BCUT2D eigenvalue weighted by Gasteiger charge is 2.16. The summed E-state index contributed by atoms with van der Waals surface area (Å²) in [5.74, 6) is -0.351. The van der Waals surface area contributed by atoms with Crippen molar-refractivity contribution in [2.24, 2.45) is 0 Å². The summed E-state index contributed by atoms with van der Waals surface area (Å²) < 4.78 is 5.18. The molecule has 3 nitrogen and oxygen atoms in total. The summed E-state index contributed by atoms with van der Waals surface area (Å²) in [4.78, 5) is 15.7. The molecule has 0 atom stereocenters. The number of esters is 1. The van der Waals surface area contributed by atoms with E-state index in [1.165, 1.54) is 6.07 Å². The first-order valence-corrected chi connectivity index (χ1v) is 5.86. The molecule has 0 aliphatic rings. The number of rotatable bonds is 2. The van der Waals surface area contributed by atoms with Gasteiger partial charge in [-0.1, -0.05) is 29.8 Å². The fraction of sp³-hybridized carbons (Fsp3) is 0.0769. The molecule has 5 heteroatoms. The van der Waals surface area contributed by atoms with Gasteiger partial charge in [0.1, 0.15) is 5.52 Å². The SMILES string of the molecule is C=C(C)C(=O)Oc1c(Cl)cc(Cl)c2cccnc12. The van der Waals surface area contributed by atoms with Crippen LogP contribution in [0.25, 0.3) is 10.9 Å². The van der Waals surface area contributed by atoms with E-state index in [0.29, 0.717) is 15.9 Å². The Labute approximate surface area is 114 Å². The molecule has 1 aromatic carbocycles. The molecule has 0 amide bonds. The molecule has 1 heterocycles. The van der Waals surface area contributed by atoms with Crippen molar-refractivity contribution in [3.8, 4) is 5.75 Å². The second-order valence-electron chi connectivity index (χ2n) is 3.74. The molecule has 0 radical (unpaired) electrons. The molecule has 18 heavy (non-hydrogen) atoms. The van der Waals surface area contributed by atoms with Gasteiger partial charge in [0.15, 0.2) is 5.75 Å². The van der Waals surface area contributed by atoms with E-state index < -0.39 is 5.97 Å². The predicted octanol–water partition coefficient (Wildman–Crippen LogP) is 4.02. The molecule has 0 aliphatic carbocycles. The van der Waals surface area contributed by atoms with Crippen molar-refractivity contribution >= 4 is 40.1 Å². The number of aromatic nitrogens is 1. The second kappa shape index (κ2) is 4.96. The van der Waals surface area contributed by atoms with Gasteiger partial charge in [0.2, 0.25) is 0 Å². The summed E-state index contributed by atoms with van der Waals surface area (Å²) in [6.45, 7) is 5.07. The van der Waals surface area contributed by atoms with Gasteiger partial charge in [-0.15, -0.1) is 0 Å². The van der Waals surface area contributed by atoms with Crippen molar-refractivity contribution in [1.29, 1.82) is 0 Å². The maximum Gasteiger partial charge on any atom is 0.338 e. The first-order chi connectivity index (χ1) is 8.50. The summed E-state index contributed by atoms with van der Waals surface area (Å²) in [5, 5.41) is 1.37. The zero-order valence-electron chi connectivity index (χ0n) is 9.54. The van der Waals surface area contributed by atoms with Crippen LogP contribution in [0.4, 0.5) is 0 Å². The molecule has 0 aliphatic heterocycles. The zero-order valence-corrected chi connectivity index (χ0v) is 11.0. The Hall–Kier alpha value is -1.58. The average molecular weight is 282 g/mol. The molecular formula is C13H9Cl2NO2. The van der Waals surface area contributed by atoms with Crippen molar-refractivity contribution in [1.82, 2.24) is 4.98 Å². The van der Waals surface area contributed by atoms with E-state index in [1.54, 1.807) is 25.3 Å². The highest BCUT2D eigenvalue weighted by atomic mass is 35.5. The fourth-order valence-electron chi connectivity index (χ4n) is 1.42. The normalized spacial score (nSPS) is 10.4. The molecule has 0 saturated carbocycles. The summed E-state index contributed by atoms with van der Waals surface area (Å²) in [7, 11) is 0. The molecule has 2 rings (SSSR count). The van der Waals surface area contributed by atoms with E-state index in [4.69, 9.17) is 27.9 Å². The standard InChI is InChI=1S/C13H9Cl2NO2/c1-7(2)13(17)18-12-10(15)6-9(14)8-4-3-5-16-11(8)12/h3-6H,1H2,2H3. The number of nitrogens with zero attached hydrogens (tertiary/aromatic N) is 1. The summed E-state index contributed by atoms with van der Waals surface area (Å²) in [5.41, 5.74) is 0.731. The van der Waals surface area contributed by atoms with Crippen molar-refractivity contribution < 1.29 is 9.53 Å². The number of ether oxygens (including phenoxy) is 1. The minimum Gasteiger partial charge on any atom is -0.419 e. The third kappa shape index (κ3) is 2.33. The Bertz CT molecular complexity index is 653. The maximum absolute atomic E-state index is 11.6. The Kier molecular flexibility index (Phi) is 3.55. The average Bonchev–Trinajstić information content (AvgIpc) is 2.34. The molecule has 2 aromatic rings. The van der Waals surface area contributed by atoms with Gasteiger partial charge in [-0.2, -0.15) is 0 Å². The second-order valence-corrected chi connectivity index (χ2v) is 4.55. The van der Waals surface area contributed by atoms with Crippen LogP contribution in [0.5, 0.6) is 5.75 Å². The van der Waals surface area contributed by atoms with E-state index in [1.807, 2.05) is 0 Å². The van der Waals surface area contributed by atoms with Gasteiger partial charge in [-0.05, 0) is 25.1 Å². The summed E-state index contributed by atoms with van der Waals surface area (Å²) >= 11 is 12.1. The zero-order chi connectivity index (χ0) is 13.3. The van der Waals surface area contributed by atoms with Crippen LogP contribution in [0.1, 0.15) is 6.92 Å². The van der Waals surface area contributed by atoms with Crippen molar-refractivity contribution in [2.45, 2.75) is 6.92 Å². The lowest BCUT2D eigenvalue weighted by molar-refractivity contribution is -0.129. The molecule has 0 saturated heterocycles.